The first-order valence-corrected chi connectivity index (χ1v) is 7.06. The van der Waals surface area contributed by atoms with Crippen LogP contribution in [0.1, 0.15) is 14.7 Å². The van der Waals surface area contributed by atoms with Gasteiger partial charge in [0.1, 0.15) is 4.88 Å². The fourth-order valence-corrected chi connectivity index (χ4v) is 2.71. The van der Waals surface area contributed by atoms with Crippen LogP contribution in [0.15, 0.2) is 6.20 Å². The zero-order valence-electron chi connectivity index (χ0n) is 11.2. The maximum Gasteiger partial charge on any atom is 0.265 e. The minimum absolute atomic E-state index is 0.00131. The number of nitrogens with one attached hydrogen (secondary N) is 1. The molecule has 0 radical (unpaired) electrons. The Balaban J connectivity index is 1.91. The fourth-order valence-electron chi connectivity index (χ4n) is 1.94. The van der Waals surface area contributed by atoms with Gasteiger partial charge in [-0.2, -0.15) is 0 Å². The van der Waals surface area contributed by atoms with Gasteiger partial charge in [-0.25, -0.2) is 4.98 Å². The van der Waals surface area contributed by atoms with Crippen molar-refractivity contribution in [1.82, 2.24) is 20.1 Å². The maximum absolute atomic E-state index is 12.1. The van der Waals surface area contributed by atoms with Gasteiger partial charge in [0.05, 0.1) is 17.7 Å². The van der Waals surface area contributed by atoms with Crippen LogP contribution in [0.3, 0.4) is 0 Å². The van der Waals surface area contributed by atoms with E-state index in [1.807, 2.05) is 6.92 Å². The van der Waals surface area contributed by atoms with Crippen molar-refractivity contribution in [3.8, 4) is 0 Å². The van der Waals surface area contributed by atoms with E-state index < -0.39 is 0 Å². The molecule has 1 fully saturated rings. The molecule has 6 nitrogen and oxygen atoms in total. The SMILES string of the molecule is Cc1ncc(C(=O)N(C)CC(=O)N2CCNCC2)s1. The van der Waals surface area contributed by atoms with E-state index in [0.717, 1.165) is 18.1 Å². The van der Waals surface area contributed by atoms with Crippen LogP contribution in [-0.2, 0) is 4.79 Å². The molecule has 1 aromatic heterocycles. The first kappa shape index (κ1) is 14.0. The lowest BCUT2D eigenvalue weighted by atomic mass is 10.3. The molecule has 0 bridgehead atoms. The highest BCUT2D eigenvalue weighted by Gasteiger charge is 2.21. The zero-order valence-corrected chi connectivity index (χ0v) is 12.0. The summed E-state index contributed by atoms with van der Waals surface area (Å²) in [4.78, 5) is 32.0. The molecule has 0 aromatic carbocycles. The van der Waals surface area contributed by atoms with Crippen LogP contribution >= 0.6 is 11.3 Å². The van der Waals surface area contributed by atoms with Gasteiger partial charge in [-0.05, 0) is 6.92 Å². The van der Waals surface area contributed by atoms with Gasteiger partial charge < -0.3 is 15.1 Å². The molecule has 104 valence electrons. The molecule has 19 heavy (non-hydrogen) atoms. The Labute approximate surface area is 116 Å². The van der Waals surface area contributed by atoms with E-state index >= 15 is 0 Å². The molecule has 0 saturated carbocycles. The molecular formula is C12H18N4O2S. The first-order valence-electron chi connectivity index (χ1n) is 6.24. The lowest BCUT2D eigenvalue weighted by Crippen LogP contribution is -2.49. The van der Waals surface area contributed by atoms with E-state index in [4.69, 9.17) is 0 Å². The predicted octanol–water partition coefficient (Wildman–Crippen LogP) is -0.0447. The molecule has 2 amide bonds. The Morgan fingerprint density at radius 2 is 2.16 bits per heavy atom. The fraction of sp³-hybridized carbons (Fsp3) is 0.583. The van der Waals surface area contributed by atoms with E-state index in [1.54, 1.807) is 18.1 Å². The smallest absolute Gasteiger partial charge is 0.265 e. The second kappa shape index (κ2) is 6.12. The number of carbonyl (C=O) groups excluding carboxylic acids is 2. The van der Waals surface area contributed by atoms with Crippen molar-refractivity contribution >= 4 is 23.2 Å². The summed E-state index contributed by atoms with van der Waals surface area (Å²) >= 11 is 1.35. The topological polar surface area (TPSA) is 65.5 Å². The number of amides is 2. The molecule has 1 aromatic rings. The van der Waals surface area contributed by atoms with Crippen LogP contribution in [0.25, 0.3) is 0 Å². The van der Waals surface area contributed by atoms with E-state index in [1.165, 1.54) is 16.2 Å². The summed E-state index contributed by atoms with van der Waals surface area (Å²) < 4.78 is 0. The molecule has 0 atom stereocenters. The van der Waals surface area contributed by atoms with Gasteiger partial charge in [0.25, 0.3) is 5.91 Å². The summed E-state index contributed by atoms with van der Waals surface area (Å²) in [5.41, 5.74) is 0. The van der Waals surface area contributed by atoms with Crippen molar-refractivity contribution in [1.29, 1.82) is 0 Å². The van der Waals surface area contributed by atoms with E-state index in [0.29, 0.717) is 18.0 Å². The van der Waals surface area contributed by atoms with Gasteiger partial charge in [0.2, 0.25) is 5.91 Å². The quantitative estimate of drug-likeness (QED) is 0.844. The number of likely N-dealkylation sites (N-methyl/N-ethyl adjacent to an activating group) is 1. The highest BCUT2D eigenvalue weighted by Crippen LogP contribution is 2.13. The summed E-state index contributed by atoms with van der Waals surface area (Å²) in [6, 6.07) is 0. The molecular weight excluding hydrogens is 264 g/mol. The van der Waals surface area contributed by atoms with Crippen molar-refractivity contribution < 1.29 is 9.59 Å². The van der Waals surface area contributed by atoms with E-state index in [2.05, 4.69) is 10.3 Å². The largest absolute Gasteiger partial charge is 0.339 e. The van der Waals surface area contributed by atoms with Crippen molar-refractivity contribution in [3.63, 3.8) is 0 Å². The van der Waals surface area contributed by atoms with Gasteiger partial charge in [-0.15, -0.1) is 11.3 Å². The molecule has 2 rings (SSSR count). The third kappa shape index (κ3) is 3.51. The third-order valence-corrected chi connectivity index (χ3v) is 3.92. The Morgan fingerprint density at radius 3 is 2.74 bits per heavy atom. The molecule has 1 aliphatic rings. The van der Waals surface area contributed by atoms with Crippen molar-refractivity contribution in [2.24, 2.45) is 0 Å². The molecule has 2 heterocycles. The van der Waals surface area contributed by atoms with Crippen LogP contribution in [0, 0.1) is 6.92 Å². The summed E-state index contributed by atoms with van der Waals surface area (Å²) in [5, 5.41) is 4.05. The zero-order chi connectivity index (χ0) is 13.8. The number of aromatic nitrogens is 1. The summed E-state index contributed by atoms with van der Waals surface area (Å²) in [5.74, 6) is -0.146. The normalized spacial score (nSPS) is 15.4. The monoisotopic (exact) mass is 282 g/mol. The molecule has 0 unspecified atom stereocenters. The molecule has 0 aliphatic carbocycles. The van der Waals surface area contributed by atoms with Crippen LogP contribution in [0.5, 0.6) is 0 Å². The number of piperazine rings is 1. The maximum atomic E-state index is 12.1. The van der Waals surface area contributed by atoms with Gasteiger partial charge in [0.15, 0.2) is 0 Å². The second-order valence-corrected chi connectivity index (χ2v) is 5.77. The summed E-state index contributed by atoms with van der Waals surface area (Å²) in [6.07, 6.45) is 1.56. The summed E-state index contributed by atoms with van der Waals surface area (Å²) in [6.45, 7) is 5.03. The molecule has 0 spiro atoms. The number of aryl methyl sites for hydroxylation is 1. The van der Waals surface area contributed by atoms with Crippen molar-refractivity contribution in [3.05, 3.63) is 16.1 Å². The lowest BCUT2D eigenvalue weighted by molar-refractivity contribution is -0.132. The van der Waals surface area contributed by atoms with Crippen LogP contribution in [-0.4, -0.2) is 66.4 Å². The number of hydrogen-bond acceptors (Lipinski definition) is 5. The van der Waals surface area contributed by atoms with Crippen molar-refractivity contribution in [2.75, 3.05) is 39.8 Å². The minimum Gasteiger partial charge on any atom is -0.339 e. The Hall–Kier alpha value is -1.47. The molecule has 1 N–H and O–H groups in total. The number of carbonyl (C=O) groups is 2. The Bertz CT molecular complexity index is 468. The van der Waals surface area contributed by atoms with E-state index in [9.17, 15) is 9.59 Å². The average Bonchev–Trinajstić information content (AvgIpc) is 2.85. The number of hydrogen-bond donors (Lipinski definition) is 1. The standard InChI is InChI=1S/C12H18N4O2S/c1-9-14-7-10(19-9)12(18)15(2)8-11(17)16-5-3-13-4-6-16/h7,13H,3-6,8H2,1-2H3. The molecule has 7 heteroatoms. The predicted molar refractivity (Wildman–Crippen MR) is 73.3 cm³/mol. The molecule has 1 saturated heterocycles. The Kier molecular flexibility index (Phi) is 4.49. The van der Waals surface area contributed by atoms with Gasteiger partial charge in [-0.3, -0.25) is 9.59 Å². The van der Waals surface area contributed by atoms with Crippen LogP contribution in [0.4, 0.5) is 0 Å². The Morgan fingerprint density at radius 1 is 1.47 bits per heavy atom. The van der Waals surface area contributed by atoms with Gasteiger partial charge in [0, 0.05) is 33.2 Å². The van der Waals surface area contributed by atoms with Gasteiger partial charge in [-0.1, -0.05) is 0 Å². The number of rotatable bonds is 3. The lowest BCUT2D eigenvalue weighted by Gasteiger charge is -2.29. The minimum atomic E-state index is -0.144. The van der Waals surface area contributed by atoms with Crippen LogP contribution < -0.4 is 5.32 Å². The highest BCUT2D eigenvalue weighted by molar-refractivity contribution is 7.13. The summed E-state index contributed by atoms with van der Waals surface area (Å²) in [7, 11) is 1.65. The number of thiazole rings is 1. The number of nitrogens with zero attached hydrogens (tertiary/aromatic N) is 3. The van der Waals surface area contributed by atoms with Gasteiger partial charge >= 0.3 is 0 Å². The first-order chi connectivity index (χ1) is 9.08. The van der Waals surface area contributed by atoms with E-state index in [-0.39, 0.29) is 18.4 Å². The van der Waals surface area contributed by atoms with Crippen LogP contribution in [0.2, 0.25) is 0 Å². The third-order valence-electron chi connectivity index (χ3n) is 3.02. The van der Waals surface area contributed by atoms with Crippen molar-refractivity contribution in [2.45, 2.75) is 6.92 Å². The molecule has 1 aliphatic heterocycles. The second-order valence-electron chi connectivity index (χ2n) is 4.54. The highest BCUT2D eigenvalue weighted by atomic mass is 32.1. The average molecular weight is 282 g/mol.